The number of benzene rings is 1. The zero-order chi connectivity index (χ0) is 16.3. The van der Waals surface area contributed by atoms with Crippen molar-refractivity contribution in [3.05, 3.63) is 22.7 Å². The molecular formula is C16H24BrN3O2. The van der Waals surface area contributed by atoms with Crippen LogP contribution in [-0.2, 0) is 4.74 Å². The number of hydrogen-bond acceptors (Lipinski definition) is 4. The lowest BCUT2D eigenvalue weighted by Crippen LogP contribution is -2.44. The van der Waals surface area contributed by atoms with Crippen LogP contribution in [0.1, 0.15) is 33.6 Å². The van der Waals surface area contributed by atoms with E-state index in [0.29, 0.717) is 19.1 Å². The third-order valence-electron chi connectivity index (χ3n) is 3.52. The Kier molecular flexibility index (Phi) is 5.21. The molecular weight excluding hydrogens is 346 g/mol. The fourth-order valence-electron chi connectivity index (χ4n) is 2.41. The number of anilines is 2. The minimum Gasteiger partial charge on any atom is -0.444 e. The Bertz CT molecular complexity index is 535. The molecule has 0 aliphatic carbocycles. The lowest BCUT2D eigenvalue weighted by Gasteiger charge is -2.34. The van der Waals surface area contributed by atoms with Gasteiger partial charge in [0.25, 0.3) is 0 Å². The van der Waals surface area contributed by atoms with Crippen molar-refractivity contribution in [2.45, 2.75) is 45.3 Å². The van der Waals surface area contributed by atoms with Crippen LogP contribution in [0.3, 0.4) is 0 Å². The van der Waals surface area contributed by atoms with Crippen molar-refractivity contribution in [3.63, 3.8) is 0 Å². The zero-order valence-electron chi connectivity index (χ0n) is 13.4. The highest BCUT2D eigenvalue weighted by Crippen LogP contribution is 2.26. The lowest BCUT2D eigenvalue weighted by atomic mass is 10.0. The van der Waals surface area contributed by atoms with E-state index in [0.717, 1.165) is 28.7 Å². The SMILES string of the molecule is CC(C)(C)OC(=O)N1CCC(Nc2cc(Br)ccc2N)CC1. The normalized spacial score (nSPS) is 16.5. The molecule has 5 nitrogen and oxygen atoms in total. The Morgan fingerprint density at radius 2 is 2.00 bits per heavy atom. The topological polar surface area (TPSA) is 67.6 Å². The Morgan fingerprint density at radius 1 is 1.36 bits per heavy atom. The highest BCUT2D eigenvalue weighted by atomic mass is 79.9. The van der Waals surface area contributed by atoms with Gasteiger partial charge in [0, 0.05) is 23.6 Å². The van der Waals surface area contributed by atoms with E-state index in [1.807, 2.05) is 39.0 Å². The van der Waals surface area contributed by atoms with Crippen LogP contribution in [0.15, 0.2) is 22.7 Å². The number of ether oxygens (including phenoxy) is 1. The molecule has 0 radical (unpaired) electrons. The molecule has 1 aromatic carbocycles. The fraction of sp³-hybridized carbons (Fsp3) is 0.562. The Morgan fingerprint density at radius 3 is 2.59 bits per heavy atom. The number of nitrogen functional groups attached to an aromatic ring is 1. The van der Waals surface area contributed by atoms with Gasteiger partial charge in [0.2, 0.25) is 0 Å². The summed E-state index contributed by atoms with van der Waals surface area (Å²) in [5.74, 6) is 0. The minimum absolute atomic E-state index is 0.229. The second-order valence-electron chi connectivity index (χ2n) is 6.62. The summed E-state index contributed by atoms with van der Waals surface area (Å²) in [5.41, 5.74) is 7.21. The standard InChI is InChI=1S/C16H24BrN3O2/c1-16(2,3)22-15(21)20-8-6-12(7-9-20)19-14-10-11(17)4-5-13(14)18/h4-5,10,12,19H,6-9,18H2,1-3H3. The number of nitrogens with two attached hydrogens (primary N) is 1. The quantitative estimate of drug-likeness (QED) is 0.777. The van der Waals surface area contributed by atoms with Gasteiger partial charge in [0.15, 0.2) is 0 Å². The van der Waals surface area contributed by atoms with Gasteiger partial charge in [-0.05, 0) is 51.8 Å². The number of rotatable bonds is 2. The number of nitrogens with one attached hydrogen (secondary N) is 1. The molecule has 1 amide bonds. The largest absolute Gasteiger partial charge is 0.444 e. The molecule has 2 rings (SSSR count). The van der Waals surface area contributed by atoms with Crippen molar-refractivity contribution >= 4 is 33.4 Å². The lowest BCUT2D eigenvalue weighted by molar-refractivity contribution is 0.0210. The maximum absolute atomic E-state index is 12.0. The molecule has 0 unspecified atom stereocenters. The smallest absolute Gasteiger partial charge is 0.410 e. The third kappa shape index (κ3) is 4.80. The van der Waals surface area contributed by atoms with Crippen LogP contribution in [0.25, 0.3) is 0 Å². The first-order valence-electron chi connectivity index (χ1n) is 7.54. The van der Waals surface area contributed by atoms with Crippen molar-refractivity contribution in [2.75, 3.05) is 24.1 Å². The van der Waals surface area contributed by atoms with E-state index in [-0.39, 0.29) is 6.09 Å². The summed E-state index contributed by atoms with van der Waals surface area (Å²) in [6.45, 7) is 7.04. The number of nitrogens with zero attached hydrogens (tertiary/aromatic N) is 1. The number of hydrogen-bond donors (Lipinski definition) is 2. The van der Waals surface area contributed by atoms with Crippen LogP contribution in [0.5, 0.6) is 0 Å². The highest BCUT2D eigenvalue weighted by molar-refractivity contribution is 9.10. The Balaban J connectivity index is 1.87. The van der Waals surface area contributed by atoms with Crippen LogP contribution >= 0.6 is 15.9 Å². The number of halogens is 1. The van der Waals surface area contributed by atoms with Crippen molar-refractivity contribution in [2.24, 2.45) is 0 Å². The Labute approximate surface area is 140 Å². The molecule has 1 aliphatic heterocycles. The summed E-state index contributed by atoms with van der Waals surface area (Å²) in [6, 6.07) is 6.10. The molecule has 0 atom stereocenters. The van der Waals surface area contributed by atoms with E-state index in [1.165, 1.54) is 0 Å². The number of carbonyl (C=O) groups excluding carboxylic acids is 1. The van der Waals surface area contributed by atoms with E-state index >= 15 is 0 Å². The number of likely N-dealkylation sites (tertiary alicyclic amines) is 1. The monoisotopic (exact) mass is 369 g/mol. The summed E-state index contributed by atoms with van der Waals surface area (Å²) in [5, 5.41) is 3.46. The van der Waals surface area contributed by atoms with Gasteiger partial charge in [-0.25, -0.2) is 4.79 Å². The predicted molar refractivity (Wildman–Crippen MR) is 93.0 cm³/mol. The molecule has 0 bridgehead atoms. The number of carbonyl (C=O) groups is 1. The third-order valence-corrected chi connectivity index (χ3v) is 4.01. The maximum atomic E-state index is 12.0. The average Bonchev–Trinajstić information content (AvgIpc) is 2.42. The average molecular weight is 370 g/mol. The van der Waals surface area contributed by atoms with Crippen LogP contribution in [-0.4, -0.2) is 35.7 Å². The molecule has 122 valence electrons. The van der Waals surface area contributed by atoms with Crippen molar-refractivity contribution in [1.29, 1.82) is 0 Å². The van der Waals surface area contributed by atoms with Gasteiger partial charge in [0.05, 0.1) is 11.4 Å². The molecule has 1 heterocycles. The van der Waals surface area contributed by atoms with E-state index in [9.17, 15) is 4.79 Å². The second-order valence-corrected chi connectivity index (χ2v) is 7.53. The maximum Gasteiger partial charge on any atom is 0.410 e. The molecule has 0 saturated carbocycles. The van der Waals surface area contributed by atoms with E-state index in [4.69, 9.17) is 10.5 Å². The first-order chi connectivity index (χ1) is 10.2. The summed E-state index contributed by atoms with van der Waals surface area (Å²) in [6.07, 6.45) is 1.53. The van der Waals surface area contributed by atoms with E-state index < -0.39 is 5.60 Å². The van der Waals surface area contributed by atoms with Gasteiger partial charge in [-0.1, -0.05) is 15.9 Å². The molecule has 0 spiro atoms. The fourth-order valence-corrected chi connectivity index (χ4v) is 2.77. The number of amides is 1. The van der Waals surface area contributed by atoms with Crippen LogP contribution in [0.2, 0.25) is 0 Å². The molecule has 1 saturated heterocycles. The molecule has 3 N–H and O–H groups in total. The number of piperidine rings is 1. The molecule has 6 heteroatoms. The van der Waals surface area contributed by atoms with Crippen molar-refractivity contribution < 1.29 is 9.53 Å². The molecule has 1 aromatic rings. The Hall–Kier alpha value is -1.43. The predicted octanol–water partition coefficient (Wildman–Crippen LogP) is 3.84. The van der Waals surface area contributed by atoms with Gasteiger partial charge in [0.1, 0.15) is 5.60 Å². The van der Waals surface area contributed by atoms with Crippen LogP contribution in [0, 0.1) is 0 Å². The van der Waals surface area contributed by atoms with Gasteiger partial charge in [-0.3, -0.25) is 0 Å². The van der Waals surface area contributed by atoms with E-state index in [1.54, 1.807) is 4.90 Å². The summed E-state index contributed by atoms with van der Waals surface area (Å²) < 4.78 is 6.40. The summed E-state index contributed by atoms with van der Waals surface area (Å²) in [7, 11) is 0. The van der Waals surface area contributed by atoms with E-state index in [2.05, 4.69) is 21.2 Å². The summed E-state index contributed by atoms with van der Waals surface area (Å²) >= 11 is 3.45. The molecule has 1 aliphatic rings. The zero-order valence-corrected chi connectivity index (χ0v) is 14.9. The molecule has 22 heavy (non-hydrogen) atoms. The van der Waals surface area contributed by atoms with Gasteiger partial charge in [-0.2, -0.15) is 0 Å². The van der Waals surface area contributed by atoms with Crippen molar-refractivity contribution in [1.82, 2.24) is 4.90 Å². The first kappa shape index (κ1) is 16.9. The highest BCUT2D eigenvalue weighted by Gasteiger charge is 2.26. The first-order valence-corrected chi connectivity index (χ1v) is 8.33. The second kappa shape index (κ2) is 6.77. The van der Waals surface area contributed by atoms with Crippen LogP contribution in [0.4, 0.5) is 16.2 Å². The molecule has 1 fully saturated rings. The van der Waals surface area contributed by atoms with Gasteiger partial charge in [-0.15, -0.1) is 0 Å². The van der Waals surface area contributed by atoms with Crippen molar-refractivity contribution in [3.8, 4) is 0 Å². The minimum atomic E-state index is -0.447. The van der Waals surface area contributed by atoms with Gasteiger partial charge < -0.3 is 20.7 Å². The summed E-state index contributed by atoms with van der Waals surface area (Å²) in [4.78, 5) is 13.8. The van der Waals surface area contributed by atoms with Gasteiger partial charge >= 0.3 is 6.09 Å². The van der Waals surface area contributed by atoms with Crippen LogP contribution < -0.4 is 11.1 Å². The molecule has 0 aromatic heterocycles.